The molecule has 98 valence electrons. The Kier molecular flexibility index (Phi) is 3.67. The van der Waals surface area contributed by atoms with Crippen molar-refractivity contribution in [3.63, 3.8) is 0 Å². The number of benzene rings is 1. The van der Waals surface area contributed by atoms with E-state index in [-0.39, 0.29) is 6.10 Å². The van der Waals surface area contributed by atoms with Gasteiger partial charge in [-0.25, -0.2) is 0 Å². The van der Waals surface area contributed by atoms with Crippen LogP contribution in [0, 0.1) is 0 Å². The van der Waals surface area contributed by atoms with Crippen molar-refractivity contribution in [2.45, 2.75) is 19.1 Å². The highest BCUT2D eigenvalue weighted by Gasteiger charge is 2.22. The minimum Gasteiger partial charge on any atom is -0.488 e. The van der Waals surface area contributed by atoms with Crippen LogP contribution in [0.25, 0.3) is 0 Å². The fourth-order valence-electron chi connectivity index (χ4n) is 2.28. The SMILES string of the molecule is Clc1ccc2c(c1)CC(CNCc1cccnc1)O2. The molecule has 0 spiro atoms. The predicted octanol–water partition coefficient (Wildman–Crippen LogP) is 2.83. The maximum atomic E-state index is 5.98. The van der Waals surface area contributed by atoms with Crippen molar-refractivity contribution in [1.82, 2.24) is 10.3 Å². The van der Waals surface area contributed by atoms with E-state index in [0.717, 1.165) is 30.3 Å². The highest BCUT2D eigenvalue weighted by molar-refractivity contribution is 6.30. The third-order valence-corrected chi connectivity index (χ3v) is 3.42. The maximum Gasteiger partial charge on any atom is 0.123 e. The first-order valence-corrected chi connectivity index (χ1v) is 6.74. The van der Waals surface area contributed by atoms with Crippen LogP contribution in [0.3, 0.4) is 0 Å². The standard InChI is InChI=1S/C15H15ClN2O/c16-13-3-4-15-12(6-13)7-14(19-15)10-18-9-11-2-1-5-17-8-11/h1-6,8,14,18H,7,9-10H2. The van der Waals surface area contributed by atoms with Crippen LogP contribution in [0.5, 0.6) is 5.75 Å². The van der Waals surface area contributed by atoms with Crippen LogP contribution in [0.2, 0.25) is 5.02 Å². The van der Waals surface area contributed by atoms with E-state index in [1.54, 1.807) is 6.20 Å². The normalized spacial score (nSPS) is 17.0. The fraction of sp³-hybridized carbons (Fsp3) is 0.267. The van der Waals surface area contributed by atoms with Crippen LogP contribution in [-0.2, 0) is 13.0 Å². The van der Waals surface area contributed by atoms with Gasteiger partial charge >= 0.3 is 0 Å². The predicted molar refractivity (Wildman–Crippen MR) is 75.5 cm³/mol. The average Bonchev–Trinajstić information content (AvgIpc) is 2.82. The summed E-state index contributed by atoms with van der Waals surface area (Å²) in [5, 5.41) is 4.16. The fourth-order valence-corrected chi connectivity index (χ4v) is 2.48. The summed E-state index contributed by atoms with van der Waals surface area (Å²) in [5.41, 5.74) is 2.38. The summed E-state index contributed by atoms with van der Waals surface area (Å²) in [6, 6.07) is 9.80. The van der Waals surface area contributed by atoms with Gasteiger partial charge in [0.2, 0.25) is 0 Å². The number of hydrogen-bond acceptors (Lipinski definition) is 3. The van der Waals surface area contributed by atoms with Crippen LogP contribution in [-0.4, -0.2) is 17.6 Å². The van der Waals surface area contributed by atoms with Gasteiger partial charge in [0.25, 0.3) is 0 Å². The van der Waals surface area contributed by atoms with Crippen LogP contribution >= 0.6 is 11.6 Å². The van der Waals surface area contributed by atoms with Gasteiger partial charge in [-0.2, -0.15) is 0 Å². The van der Waals surface area contributed by atoms with E-state index in [2.05, 4.69) is 16.4 Å². The molecule has 1 aromatic heterocycles. The number of halogens is 1. The number of rotatable bonds is 4. The van der Waals surface area contributed by atoms with Crippen molar-refractivity contribution in [1.29, 1.82) is 0 Å². The zero-order valence-electron chi connectivity index (χ0n) is 10.5. The lowest BCUT2D eigenvalue weighted by Gasteiger charge is -2.11. The minimum absolute atomic E-state index is 0.185. The Hall–Kier alpha value is -1.58. The van der Waals surface area contributed by atoms with E-state index in [1.165, 1.54) is 11.1 Å². The molecular formula is C15H15ClN2O. The summed E-state index contributed by atoms with van der Waals surface area (Å²) in [4.78, 5) is 4.09. The number of aromatic nitrogens is 1. The average molecular weight is 275 g/mol. The Labute approximate surface area is 117 Å². The van der Waals surface area contributed by atoms with Gasteiger partial charge in [0, 0.05) is 36.9 Å². The van der Waals surface area contributed by atoms with Crippen LogP contribution in [0.15, 0.2) is 42.7 Å². The van der Waals surface area contributed by atoms with Crippen LogP contribution < -0.4 is 10.1 Å². The number of fused-ring (bicyclic) bond motifs is 1. The second-order valence-corrected chi connectivity index (χ2v) is 5.12. The zero-order chi connectivity index (χ0) is 13.1. The molecule has 0 radical (unpaired) electrons. The zero-order valence-corrected chi connectivity index (χ0v) is 11.2. The molecule has 0 amide bonds. The van der Waals surface area contributed by atoms with Gasteiger partial charge in [0.15, 0.2) is 0 Å². The Bertz CT molecular complexity index is 559. The van der Waals surface area contributed by atoms with Crippen molar-refractivity contribution in [3.05, 3.63) is 58.9 Å². The molecule has 2 aromatic rings. The topological polar surface area (TPSA) is 34.2 Å². The second-order valence-electron chi connectivity index (χ2n) is 4.69. The van der Waals surface area contributed by atoms with Crippen molar-refractivity contribution in [2.24, 2.45) is 0 Å². The number of nitrogens with one attached hydrogen (secondary N) is 1. The van der Waals surface area contributed by atoms with E-state index in [9.17, 15) is 0 Å². The molecule has 2 heterocycles. The first-order chi connectivity index (χ1) is 9.31. The van der Waals surface area contributed by atoms with Crippen molar-refractivity contribution in [2.75, 3.05) is 6.54 Å². The molecule has 1 unspecified atom stereocenters. The summed E-state index contributed by atoms with van der Waals surface area (Å²) in [7, 11) is 0. The van der Waals surface area contributed by atoms with Crippen molar-refractivity contribution >= 4 is 11.6 Å². The molecule has 0 saturated heterocycles. The molecule has 0 bridgehead atoms. The highest BCUT2D eigenvalue weighted by Crippen LogP contribution is 2.30. The van der Waals surface area contributed by atoms with Crippen molar-refractivity contribution in [3.8, 4) is 5.75 Å². The molecule has 3 nitrogen and oxygen atoms in total. The Morgan fingerprint density at radius 3 is 3.16 bits per heavy atom. The number of ether oxygens (including phenoxy) is 1. The number of pyridine rings is 1. The number of hydrogen-bond donors (Lipinski definition) is 1. The van der Waals surface area contributed by atoms with Gasteiger partial charge in [-0.3, -0.25) is 4.98 Å². The highest BCUT2D eigenvalue weighted by atomic mass is 35.5. The minimum atomic E-state index is 0.185. The molecule has 1 aromatic carbocycles. The Morgan fingerprint density at radius 2 is 2.32 bits per heavy atom. The Morgan fingerprint density at radius 1 is 1.37 bits per heavy atom. The van der Waals surface area contributed by atoms with E-state index in [1.807, 2.05) is 30.5 Å². The van der Waals surface area contributed by atoms with Gasteiger partial charge in [-0.05, 0) is 35.4 Å². The smallest absolute Gasteiger partial charge is 0.123 e. The molecule has 19 heavy (non-hydrogen) atoms. The summed E-state index contributed by atoms with van der Waals surface area (Å²) >= 11 is 5.98. The monoisotopic (exact) mass is 274 g/mol. The molecule has 1 aliphatic heterocycles. The third-order valence-electron chi connectivity index (χ3n) is 3.19. The molecule has 0 fully saturated rings. The summed E-state index contributed by atoms with van der Waals surface area (Å²) < 4.78 is 5.86. The lowest BCUT2D eigenvalue weighted by atomic mass is 10.1. The lowest BCUT2D eigenvalue weighted by Crippen LogP contribution is -2.29. The summed E-state index contributed by atoms with van der Waals surface area (Å²) in [6.45, 7) is 1.63. The van der Waals surface area contributed by atoms with Crippen molar-refractivity contribution < 1.29 is 4.74 Å². The molecule has 0 aliphatic carbocycles. The molecule has 1 atom stereocenters. The van der Waals surface area contributed by atoms with Gasteiger partial charge in [0.1, 0.15) is 11.9 Å². The molecule has 0 saturated carbocycles. The molecule has 3 rings (SSSR count). The molecule has 1 aliphatic rings. The molecule has 1 N–H and O–H groups in total. The lowest BCUT2D eigenvalue weighted by molar-refractivity contribution is 0.227. The van der Waals surface area contributed by atoms with Gasteiger partial charge < -0.3 is 10.1 Å². The van der Waals surface area contributed by atoms with Gasteiger partial charge in [0.05, 0.1) is 0 Å². The summed E-state index contributed by atoms with van der Waals surface area (Å²) in [6.07, 6.45) is 4.75. The first kappa shape index (κ1) is 12.5. The first-order valence-electron chi connectivity index (χ1n) is 6.36. The van der Waals surface area contributed by atoms with E-state index in [0.29, 0.717) is 0 Å². The molecule has 4 heteroatoms. The quantitative estimate of drug-likeness (QED) is 0.931. The van der Waals surface area contributed by atoms with Gasteiger partial charge in [-0.15, -0.1) is 0 Å². The van der Waals surface area contributed by atoms with Gasteiger partial charge in [-0.1, -0.05) is 17.7 Å². The summed E-state index contributed by atoms with van der Waals surface area (Å²) in [5.74, 6) is 0.956. The van der Waals surface area contributed by atoms with E-state index in [4.69, 9.17) is 16.3 Å². The Balaban J connectivity index is 1.51. The number of nitrogens with zero attached hydrogens (tertiary/aromatic N) is 1. The molecular weight excluding hydrogens is 260 g/mol. The third kappa shape index (κ3) is 3.06. The van der Waals surface area contributed by atoms with E-state index < -0.39 is 0 Å². The van der Waals surface area contributed by atoms with E-state index >= 15 is 0 Å². The maximum absolute atomic E-state index is 5.98. The second kappa shape index (κ2) is 5.59. The largest absolute Gasteiger partial charge is 0.488 e. The van der Waals surface area contributed by atoms with Crippen LogP contribution in [0.4, 0.5) is 0 Å². The van der Waals surface area contributed by atoms with Crippen LogP contribution in [0.1, 0.15) is 11.1 Å².